The third-order valence-corrected chi connectivity index (χ3v) is 2.59. The van der Waals surface area contributed by atoms with Crippen LogP contribution in [0.2, 0.25) is 0 Å². The fraction of sp³-hybridized carbons (Fsp3) is 0.231. The van der Waals surface area contributed by atoms with Gasteiger partial charge in [-0.1, -0.05) is 6.07 Å². The molecule has 1 N–H and O–H groups in total. The Hall–Kier alpha value is -2.10. The van der Waals surface area contributed by atoms with E-state index in [4.69, 9.17) is 4.74 Å². The molecule has 0 spiro atoms. The molecule has 2 aromatic heterocycles. The van der Waals surface area contributed by atoms with E-state index in [9.17, 15) is 4.79 Å². The number of esters is 1. The zero-order valence-corrected chi connectivity index (χ0v) is 9.86. The Balaban J connectivity index is 2.37. The van der Waals surface area contributed by atoms with Crippen molar-refractivity contribution in [3.63, 3.8) is 0 Å². The smallest absolute Gasteiger partial charge is 0.355 e. The lowest BCUT2D eigenvalue weighted by Crippen LogP contribution is -2.06. The molecule has 0 atom stereocenters. The number of H-pyrrole nitrogens is 1. The monoisotopic (exact) mass is 230 g/mol. The van der Waals surface area contributed by atoms with Crippen LogP contribution in [0.1, 0.15) is 23.0 Å². The second-order valence-corrected chi connectivity index (χ2v) is 3.66. The van der Waals surface area contributed by atoms with Crippen molar-refractivity contribution in [3.8, 4) is 11.1 Å². The molecule has 4 nitrogen and oxygen atoms in total. The Morgan fingerprint density at radius 3 is 3.00 bits per heavy atom. The minimum atomic E-state index is -0.319. The summed E-state index contributed by atoms with van der Waals surface area (Å²) in [5.74, 6) is -0.319. The van der Waals surface area contributed by atoms with Gasteiger partial charge in [-0.3, -0.25) is 4.98 Å². The van der Waals surface area contributed by atoms with Crippen LogP contribution in [0.25, 0.3) is 11.1 Å². The molecular formula is C13H14N2O2. The second kappa shape index (κ2) is 4.82. The number of nitrogens with zero attached hydrogens (tertiary/aromatic N) is 1. The van der Waals surface area contributed by atoms with E-state index in [1.165, 1.54) is 0 Å². The van der Waals surface area contributed by atoms with Gasteiger partial charge in [-0.2, -0.15) is 0 Å². The van der Waals surface area contributed by atoms with Gasteiger partial charge in [0.05, 0.1) is 6.61 Å². The molecule has 2 rings (SSSR count). The van der Waals surface area contributed by atoms with Crippen LogP contribution in [0, 0.1) is 6.92 Å². The van der Waals surface area contributed by atoms with E-state index in [-0.39, 0.29) is 5.97 Å². The molecule has 0 aliphatic rings. The summed E-state index contributed by atoms with van der Waals surface area (Å²) in [4.78, 5) is 18.7. The summed E-state index contributed by atoms with van der Waals surface area (Å²) in [6, 6.07) is 3.82. The first-order valence-electron chi connectivity index (χ1n) is 5.49. The molecule has 0 amide bonds. The highest BCUT2D eigenvalue weighted by molar-refractivity contribution is 5.91. The number of carbonyl (C=O) groups excluding carboxylic acids is 1. The lowest BCUT2D eigenvalue weighted by atomic mass is 10.1. The second-order valence-electron chi connectivity index (χ2n) is 3.66. The minimum Gasteiger partial charge on any atom is -0.461 e. The van der Waals surface area contributed by atoms with Crippen LogP contribution in [0.3, 0.4) is 0 Å². The summed E-state index contributed by atoms with van der Waals surface area (Å²) in [5.41, 5.74) is 3.35. The van der Waals surface area contributed by atoms with Gasteiger partial charge in [-0.15, -0.1) is 0 Å². The van der Waals surface area contributed by atoms with E-state index in [1.807, 2.05) is 19.1 Å². The highest BCUT2D eigenvalue weighted by Crippen LogP contribution is 2.25. The van der Waals surface area contributed by atoms with Gasteiger partial charge in [0.1, 0.15) is 5.69 Å². The maximum Gasteiger partial charge on any atom is 0.355 e. The van der Waals surface area contributed by atoms with Crippen molar-refractivity contribution in [2.45, 2.75) is 13.8 Å². The van der Waals surface area contributed by atoms with Crippen LogP contribution in [0.5, 0.6) is 0 Å². The van der Waals surface area contributed by atoms with E-state index < -0.39 is 0 Å². The normalized spacial score (nSPS) is 10.2. The average Bonchev–Trinajstić information content (AvgIpc) is 2.72. The van der Waals surface area contributed by atoms with Crippen molar-refractivity contribution >= 4 is 5.97 Å². The summed E-state index contributed by atoms with van der Waals surface area (Å²) >= 11 is 0. The van der Waals surface area contributed by atoms with Gasteiger partial charge in [0.15, 0.2) is 0 Å². The molecule has 0 saturated carbocycles. The topological polar surface area (TPSA) is 55.0 Å². The third kappa shape index (κ3) is 2.20. The number of pyridine rings is 1. The van der Waals surface area contributed by atoms with Crippen molar-refractivity contribution in [3.05, 3.63) is 42.0 Å². The summed E-state index contributed by atoms with van der Waals surface area (Å²) in [6.45, 7) is 4.06. The van der Waals surface area contributed by atoms with Crippen LogP contribution in [0.4, 0.5) is 0 Å². The Labute approximate surface area is 99.7 Å². The van der Waals surface area contributed by atoms with E-state index in [2.05, 4.69) is 9.97 Å². The fourth-order valence-electron chi connectivity index (χ4n) is 1.73. The Bertz CT molecular complexity index is 517. The van der Waals surface area contributed by atoms with Gasteiger partial charge in [0, 0.05) is 29.7 Å². The SMILES string of the molecule is CCOC(=O)c1[nH]cc(-c2cccnc2)c1C. The van der Waals surface area contributed by atoms with Crippen molar-refractivity contribution in [2.24, 2.45) is 0 Å². The van der Waals surface area contributed by atoms with Gasteiger partial charge in [0.2, 0.25) is 0 Å². The predicted octanol–water partition coefficient (Wildman–Crippen LogP) is 2.56. The Morgan fingerprint density at radius 2 is 2.35 bits per heavy atom. The number of nitrogens with one attached hydrogen (secondary N) is 1. The van der Waals surface area contributed by atoms with Crippen LogP contribution < -0.4 is 0 Å². The van der Waals surface area contributed by atoms with Crippen molar-refractivity contribution in [1.82, 2.24) is 9.97 Å². The molecule has 2 aromatic rings. The highest BCUT2D eigenvalue weighted by Gasteiger charge is 2.15. The van der Waals surface area contributed by atoms with Crippen LogP contribution in [0.15, 0.2) is 30.7 Å². The lowest BCUT2D eigenvalue weighted by molar-refractivity contribution is 0.0519. The summed E-state index contributed by atoms with van der Waals surface area (Å²) in [7, 11) is 0. The number of ether oxygens (including phenoxy) is 1. The summed E-state index contributed by atoms with van der Waals surface area (Å²) in [6.07, 6.45) is 5.29. The molecule has 88 valence electrons. The maximum absolute atomic E-state index is 11.6. The van der Waals surface area contributed by atoms with E-state index in [0.717, 1.165) is 16.7 Å². The Morgan fingerprint density at radius 1 is 1.53 bits per heavy atom. The standard InChI is InChI=1S/C13H14N2O2/c1-3-17-13(16)12-9(2)11(8-15-12)10-5-4-6-14-7-10/h4-8,15H,3H2,1-2H3. The van der Waals surface area contributed by atoms with Crippen LogP contribution >= 0.6 is 0 Å². The summed E-state index contributed by atoms with van der Waals surface area (Å²) < 4.78 is 4.97. The van der Waals surface area contributed by atoms with E-state index in [0.29, 0.717) is 12.3 Å². The van der Waals surface area contributed by atoms with Crippen LogP contribution in [-0.4, -0.2) is 22.5 Å². The molecule has 0 fully saturated rings. The van der Waals surface area contributed by atoms with Gasteiger partial charge < -0.3 is 9.72 Å². The number of aromatic amines is 1. The van der Waals surface area contributed by atoms with Crippen molar-refractivity contribution in [2.75, 3.05) is 6.61 Å². The quantitative estimate of drug-likeness (QED) is 0.824. The minimum absolute atomic E-state index is 0.319. The van der Waals surface area contributed by atoms with E-state index in [1.54, 1.807) is 25.5 Å². The first-order valence-corrected chi connectivity index (χ1v) is 5.49. The fourth-order valence-corrected chi connectivity index (χ4v) is 1.73. The third-order valence-electron chi connectivity index (χ3n) is 2.59. The molecule has 0 bridgehead atoms. The Kier molecular flexibility index (Phi) is 3.23. The van der Waals surface area contributed by atoms with Gasteiger partial charge >= 0.3 is 5.97 Å². The molecule has 0 radical (unpaired) electrons. The predicted molar refractivity (Wildman–Crippen MR) is 64.7 cm³/mol. The molecular weight excluding hydrogens is 216 g/mol. The first kappa shape index (κ1) is 11.4. The molecule has 17 heavy (non-hydrogen) atoms. The molecule has 0 aliphatic heterocycles. The molecule has 0 saturated heterocycles. The number of hydrogen-bond acceptors (Lipinski definition) is 3. The zero-order valence-electron chi connectivity index (χ0n) is 9.86. The van der Waals surface area contributed by atoms with Gasteiger partial charge in [-0.05, 0) is 25.5 Å². The van der Waals surface area contributed by atoms with Crippen molar-refractivity contribution in [1.29, 1.82) is 0 Å². The van der Waals surface area contributed by atoms with Crippen molar-refractivity contribution < 1.29 is 9.53 Å². The molecule has 2 heterocycles. The number of hydrogen-bond donors (Lipinski definition) is 1. The highest BCUT2D eigenvalue weighted by atomic mass is 16.5. The lowest BCUT2D eigenvalue weighted by Gasteiger charge is -2.02. The largest absolute Gasteiger partial charge is 0.461 e. The number of carbonyl (C=O) groups is 1. The molecule has 4 heteroatoms. The zero-order chi connectivity index (χ0) is 12.3. The first-order chi connectivity index (χ1) is 8.24. The van der Waals surface area contributed by atoms with Gasteiger partial charge in [-0.25, -0.2) is 4.79 Å². The van der Waals surface area contributed by atoms with Gasteiger partial charge in [0.25, 0.3) is 0 Å². The molecule has 0 unspecified atom stereocenters. The van der Waals surface area contributed by atoms with Crippen LogP contribution in [-0.2, 0) is 4.74 Å². The maximum atomic E-state index is 11.6. The average molecular weight is 230 g/mol. The number of rotatable bonds is 3. The summed E-state index contributed by atoms with van der Waals surface area (Å²) in [5, 5.41) is 0. The molecule has 0 aliphatic carbocycles. The number of aromatic nitrogens is 2. The molecule has 0 aromatic carbocycles. The van der Waals surface area contributed by atoms with E-state index >= 15 is 0 Å².